The molecule has 0 radical (unpaired) electrons. The number of nitrogens with zero attached hydrogens (tertiary/aromatic N) is 4. The Labute approximate surface area is 131 Å². The second-order valence-electron chi connectivity index (χ2n) is 3.77. The molecule has 0 amide bonds. The molecule has 0 saturated heterocycles. The van der Waals surface area contributed by atoms with E-state index >= 15 is 0 Å². The van der Waals surface area contributed by atoms with E-state index in [4.69, 9.17) is 32.6 Å². The molecular weight excluding hydrogens is 303 g/mol. The van der Waals surface area contributed by atoms with E-state index < -0.39 is 5.82 Å². The Morgan fingerprint density at radius 2 is 1.23 bits per heavy atom. The first kappa shape index (κ1) is 16.7. The maximum Gasteiger partial charge on any atom is 0.142 e. The van der Waals surface area contributed by atoms with Gasteiger partial charge in [-0.3, -0.25) is 0 Å². The van der Waals surface area contributed by atoms with Crippen LogP contribution >= 0.6 is 11.6 Å². The van der Waals surface area contributed by atoms with Gasteiger partial charge in [-0.05, 0) is 24.3 Å². The van der Waals surface area contributed by atoms with E-state index in [2.05, 4.69) is 0 Å². The third kappa shape index (κ3) is 3.81. The van der Waals surface area contributed by atoms with E-state index in [0.29, 0.717) is 10.6 Å². The molecule has 0 heterocycles. The minimum Gasteiger partial charge on any atom is -0.205 e. The zero-order chi connectivity index (χ0) is 16.5. The minimum absolute atomic E-state index is 0.0764. The van der Waals surface area contributed by atoms with Crippen molar-refractivity contribution >= 4 is 11.6 Å². The lowest BCUT2D eigenvalue weighted by atomic mass is 10.1. The molecule has 6 heteroatoms. The highest BCUT2D eigenvalue weighted by atomic mass is 35.5. The normalized spacial score (nSPS) is 8.27. The Hall–Kier alpha value is -3.38. The molecule has 0 N–H and O–H groups in total. The van der Waals surface area contributed by atoms with Gasteiger partial charge in [0.1, 0.15) is 35.7 Å². The van der Waals surface area contributed by atoms with Gasteiger partial charge in [0.2, 0.25) is 0 Å². The minimum atomic E-state index is -0.647. The third-order valence-corrected chi connectivity index (χ3v) is 2.81. The first-order valence-corrected chi connectivity index (χ1v) is 6.14. The molecule has 22 heavy (non-hydrogen) atoms. The van der Waals surface area contributed by atoms with Crippen LogP contribution in [0.2, 0.25) is 5.02 Å². The highest BCUT2D eigenvalue weighted by Crippen LogP contribution is 2.17. The van der Waals surface area contributed by atoms with Gasteiger partial charge in [0.05, 0.1) is 21.7 Å². The summed E-state index contributed by atoms with van der Waals surface area (Å²) in [7, 11) is 0. The lowest BCUT2D eigenvalue weighted by Gasteiger charge is -1.94. The highest BCUT2D eigenvalue weighted by Gasteiger charge is 2.05. The SMILES string of the molecule is N#Cc1cccc(Cl)c1C#N.N#Cc1cccc(F)c1C#N. The summed E-state index contributed by atoms with van der Waals surface area (Å²) in [6, 6.07) is 15.8. The van der Waals surface area contributed by atoms with Crippen LogP contribution in [0.25, 0.3) is 0 Å². The van der Waals surface area contributed by atoms with Crippen molar-refractivity contribution in [3.63, 3.8) is 0 Å². The van der Waals surface area contributed by atoms with Crippen molar-refractivity contribution in [2.75, 3.05) is 0 Å². The first-order valence-electron chi connectivity index (χ1n) is 5.76. The number of rotatable bonds is 0. The third-order valence-electron chi connectivity index (χ3n) is 2.49. The van der Waals surface area contributed by atoms with Gasteiger partial charge >= 0.3 is 0 Å². The number of halogens is 2. The summed E-state index contributed by atoms with van der Waals surface area (Å²) in [6.45, 7) is 0. The monoisotopic (exact) mass is 308 g/mol. The van der Waals surface area contributed by atoms with Gasteiger partial charge < -0.3 is 0 Å². The van der Waals surface area contributed by atoms with Crippen LogP contribution in [-0.4, -0.2) is 0 Å². The standard InChI is InChI=1S/C8H3ClN2.C8H3FN2/c2*9-8-3-1-2-6(4-10)7(8)5-11/h2*1-3H. The van der Waals surface area contributed by atoms with Gasteiger partial charge in [0, 0.05) is 0 Å². The predicted octanol–water partition coefficient (Wildman–Crippen LogP) is 3.65. The zero-order valence-electron chi connectivity index (χ0n) is 11.0. The van der Waals surface area contributed by atoms with Crippen LogP contribution in [0.1, 0.15) is 22.3 Å². The summed E-state index contributed by atoms with van der Waals surface area (Å²) < 4.78 is 12.7. The molecule has 2 aromatic rings. The summed E-state index contributed by atoms with van der Waals surface area (Å²) in [5.74, 6) is -0.647. The Morgan fingerprint density at radius 1 is 0.727 bits per heavy atom. The van der Waals surface area contributed by atoms with Crippen LogP contribution < -0.4 is 0 Å². The molecule has 0 aliphatic carbocycles. The van der Waals surface area contributed by atoms with Crippen LogP contribution in [0.3, 0.4) is 0 Å². The van der Waals surface area contributed by atoms with Crippen LogP contribution in [0.4, 0.5) is 4.39 Å². The molecule has 0 aliphatic rings. The van der Waals surface area contributed by atoms with E-state index in [0.717, 1.165) is 6.07 Å². The number of hydrogen-bond acceptors (Lipinski definition) is 4. The Bertz CT molecular complexity index is 790. The van der Waals surface area contributed by atoms with Crippen molar-refractivity contribution in [2.45, 2.75) is 0 Å². The fourth-order valence-electron chi connectivity index (χ4n) is 1.46. The molecule has 0 saturated carbocycles. The maximum absolute atomic E-state index is 12.7. The van der Waals surface area contributed by atoms with Gasteiger partial charge in [-0.1, -0.05) is 23.7 Å². The number of hydrogen-bond donors (Lipinski definition) is 0. The van der Waals surface area contributed by atoms with E-state index in [9.17, 15) is 4.39 Å². The summed E-state index contributed by atoms with van der Waals surface area (Å²) in [6.07, 6.45) is 0. The van der Waals surface area contributed by atoms with Crippen LogP contribution in [0.15, 0.2) is 36.4 Å². The molecule has 0 aliphatic heterocycles. The molecule has 0 unspecified atom stereocenters. The molecule has 2 rings (SSSR count). The fourth-order valence-corrected chi connectivity index (χ4v) is 1.68. The van der Waals surface area contributed by atoms with Crippen molar-refractivity contribution in [3.05, 3.63) is 69.5 Å². The molecule has 0 bridgehead atoms. The average Bonchev–Trinajstić information content (AvgIpc) is 2.54. The molecule has 104 valence electrons. The van der Waals surface area contributed by atoms with Gasteiger partial charge in [0.25, 0.3) is 0 Å². The largest absolute Gasteiger partial charge is 0.205 e. The highest BCUT2D eigenvalue weighted by molar-refractivity contribution is 6.31. The molecular formula is C16H6ClFN4. The quantitative estimate of drug-likeness (QED) is 0.742. The summed E-state index contributed by atoms with van der Waals surface area (Å²) in [5.41, 5.74) is 0.458. The van der Waals surface area contributed by atoms with E-state index in [1.807, 2.05) is 12.1 Å². The second kappa shape index (κ2) is 8.03. The molecule has 0 atom stereocenters. The molecule has 0 aromatic heterocycles. The van der Waals surface area contributed by atoms with E-state index in [1.165, 1.54) is 12.1 Å². The van der Waals surface area contributed by atoms with Gasteiger partial charge in [-0.2, -0.15) is 21.0 Å². The average molecular weight is 309 g/mol. The Balaban J connectivity index is 0.000000220. The number of benzene rings is 2. The van der Waals surface area contributed by atoms with Crippen molar-refractivity contribution in [1.29, 1.82) is 21.0 Å². The van der Waals surface area contributed by atoms with Gasteiger partial charge in [-0.25, -0.2) is 4.39 Å². The van der Waals surface area contributed by atoms with E-state index in [1.54, 1.807) is 30.3 Å². The Kier molecular flexibility index (Phi) is 6.09. The van der Waals surface area contributed by atoms with Crippen LogP contribution in [-0.2, 0) is 0 Å². The molecule has 4 nitrogen and oxygen atoms in total. The fraction of sp³-hybridized carbons (Fsp3) is 0. The zero-order valence-corrected chi connectivity index (χ0v) is 11.8. The first-order chi connectivity index (χ1) is 10.6. The van der Waals surface area contributed by atoms with Crippen molar-refractivity contribution in [2.24, 2.45) is 0 Å². The summed E-state index contributed by atoms with van der Waals surface area (Å²) >= 11 is 5.63. The Morgan fingerprint density at radius 3 is 1.64 bits per heavy atom. The maximum atomic E-state index is 12.7. The number of nitriles is 4. The molecule has 0 spiro atoms. The lowest BCUT2D eigenvalue weighted by Crippen LogP contribution is -1.87. The van der Waals surface area contributed by atoms with Crippen molar-refractivity contribution < 1.29 is 4.39 Å². The second-order valence-corrected chi connectivity index (χ2v) is 4.18. The van der Waals surface area contributed by atoms with Crippen LogP contribution in [0.5, 0.6) is 0 Å². The van der Waals surface area contributed by atoms with Gasteiger partial charge in [-0.15, -0.1) is 0 Å². The topological polar surface area (TPSA) is 95.2 Å². The van der Waals surface area contributed by atoms with Gasteiger partial charge in [0.15, 0.2) is 0 Å². The molecule has 0 fully saturated rings. The lowest BCUT2D eigenvalue weighted by molar-refractivity contribution is 0.623. The summed E-state index contributed by atoms with van der Waals surface area (Å²) in [5, 5.41) is 34.2. The summed E-state index contributed by atoms with van der Waals surface area (Å²) in [4.78, 5) is 0. The van der Waals surface area contributed by atoms with E-state index in [-0.39, 0.29) is 16.7 Å². The smallest absolute Gasteiger partial charge is 0.142 e. The van der Waals surface area contributed by atoms with Crippen molar-refractivity contribution in [1.82, 2.24) is 0 Å². The molecule has 2 aromatic carbocycles. The van der Waals surface area contributed by atoms with Crippen LogP contribution in [0, 0.1) is 51.1 Å². The van der Waals surface area contributed by atoms with Crippen molar-refractivity contribution in [3.8, 4) is 24.3 Å². The predicted molar refractivity (Wildman–Crippen MR) is 76.7 cm³/mol.